The van der Waals surface area contributed by atoms with Crippen molar-refractivity contribution < 1.29 is 47.2 Å². The van der Waals surface area contributed by atoms with E-state index in [-0.39, 0.29) is 38.8 Å². The summed E-state index contributed by atoms with van der Waals surface area (Å²) in [5.74, 6) is -2.55. The molecule has 8 N–H and O–H groups in total. The minimum Gasteiger partial charge on any atom is -0.543 e. The van der Waals surface area contributed by atoms with Gasteiger partial charge < -0.3 is 30.8 Å². The molecule has 0 unspecified atom stereocenters. The number of H-pyrrole nitrogens is 2. The number of hydrogen-bond acceptors (Lipinski definition) is 6. The van der Waals surface area contributed by atoms with Gasteiger partial charge in [0, 0.05) is 0 Å². The summed E-state index contributed by atoms with van der Waals surface area (Å²) in [5.41, 5.74) is 2.97. The largest absolute Gasteiger partial charge is 2.00 e. The summed E-state index contributed by atoms with van der Waals surface area (Å²) in [5, 5.41) is 33.4. The summed E-state index contributed by atoms with van der Waals surface area (Å²) in [6.45, 7) is 0. The Bertz CT molecular complexity index is 996. The van der Waals surface area contributed by atoms with E-state index in [4.69, 9.17) is 0 Å². The van der Waals surface area contributed by atoms with Crippen LogP contribution < -0.4 is 10.2 Å². The van der Waals surface area contributed by atoms with Crippen LogP contribution in [-0.2, 0) is 27.4 Å². The Morgan fingerprint density at radius 2 is 0.968 bits per heavy atom. The predicted octanol–water partition coefficient (Wildman–Crippen LogP) is -0.966. The normalized spacial score (nSPS) is 9.03. The number of benzene rings is 2. The van der Waals surface area contributed by atoms with Gasteiger partial charge in [-0.05, 0) is 23.3 Å². The molecule has 10 nitrogen and oxygen atoms in total. The Kier molecular flexibility index (Phi) is 11.2. The van der Waals surface area contributed by atoms with E-state index in [1.54, 1.807) is 0 Å². The number of carboxylic acids is 2. The maximum absolute atomic E-state index is 10.5. The smallest absolute Gasteiger partial charge is 0.543 e. The van der Waals surface area contributed by atoms with Crippen molar-refractivity contribution in [3.05, 3.63) is 84.2 Å². The Morgan fingerprint density at radius 1 is 0.645 bits per heavy atom. The summed E-state index contributed by atoms with van der Waals surface area (Å²) in [6, 6.07) is 21.6. The summed E-state index contributed by atoms with van der Waals surface area (Å²) in [7, 11) is 0. The fraction of sp³-hybridized carbons (Fsp3) is 0. The van der Waals surface area contributed by atoms with Crippen molar-refractivity contribution in [3.8, 4) is 22.5 Å². The molecule has 0 radical (unpaired) electrons. The summed E-state index contributed by atoms with van der Waals surface area (Å²) in [6.07, 6.45) is 0. The van der Waals surface area contributed by atoms with Gasteiger partial charge in [0.15, 0.2) is 0 Å². The Morgan fingerprint density at radius 3 is 1.23 bits per heavy atom. The molecule has 31 heavy (non-hydrogen) atoms. The van der Waals surface area contributed by atoms with E-state index < -0.39 is 11.9 Å². The second kappa shape index (κ2) is 12.7. The second-order valence-corrected chi connectivity index (χ2v) is 5.64. The third-order valence-corrected chi connectivity index (χ3v) is 3.74. The molecule has 2 aromatic heterocycles. The number of hydrogen-bond donors (Lipinski definition) is 2. The average Bonchev–Trinajstić information content (AvgIpc) is 3.40. The Balaban J connectivity index is 0.000000529. The zero-order chi connectivity index (χ0) is 19.9. The van der Waals surface area contributed by atoms with Gasteiger partial charge in [0.1, 0.15) is 11.4 Å². The van der Waals surface area contributed by atoms with Crippen LogP contribution in [0.25, 0.3) is 22.5 Å². The molecule has 4 rings (SSSR count). The number of nitrogens with one attached hydrogen (secondary N) is 2. The standard InChI is InChI=1S/2C10H8N2O2.Ni.2H2O/c2*13-10(14)9-6-8(11-12-9)7-4-2-1-3-5-7;;;/h2*1-6H,(H,11,12)(H,13,14);;2*1H2/q;;+2;;. The van der Waals surface area contributed by atoms with Gasteiger partial charge in [0.25, 0.3) is 0 Å². The van der Waals surface area contributed by atoms with E-state index in [0.717, 1.165) is 11.1 Å². The number of aromatic nitrogens is 4. The van der Waals surface area contributed by atoms with Crippen molar-refractivity contribution in [2.75, 3.05) is 0 Å². The monoisotopic (exact) mass is 470 g/mol. The summed E-state index contributed by atoms with van der Waals surface area (Å²) in [4.78, 5) is 20.9. The molecule has 2 heterocycles. The minimum atomic E-state index is -1.27. The van der Waals surface area contributed by atoms with Crippen molar-refractivity contribution in [1.82, 2.24) is 20.4 Å². The SMILES string of the molecule is O=C([O-])c1cc(-c2ccccc2)[nH]n1.O=C([O-])c1cc(-c2ccccc2)[nH]n1.[Ni+2].[OH3+].[OH3+]. The van der Waals surface area contributed by atoms with Crippen LogP contribution in [0, 0.1) is 0 Å². The van der Waals surface area contributed by atoms with Crippen LogP contribution in [-0.4, -0.2) is 32.3 Å². The van der Waals surface area contributed by atoms with Crippen molar-refractivity contribution >= 4 is 11.9 Å². The summed E-state index contributed by atoms with van der Waals surface area (Å²) >= 11 is 0. The number of aromatic amines is 2. The van der Waals surface area contributed by atoms with E-state index in [9.17, 15) is 19.8 Å². The maximum Gasteiger partial charge on any atom is 2.00 e. The van der Waals surface area contributed by atoms with E-state index in [1.165, 1.54) is 12.1 Å². The fourth-order valence-electron chi connectivity index (χ4n) is 2.38. The third-order valence-electron chi connectivity index (χ3n) is 3.74. The Labute approximate surface area is 186 Å². The zero-order valence-electron chi connectivity index (χ0n) is 15.9. The second-order valence-electron chi connectivity index (χ2n) is 5.64. The van der Waals surface area contributed by atoms with Gasteiger partial charge in [0.2, 0.25) is 0 Å². The molecular formula is C20H20N4NiO6+2. The first-order valence-corrected chi connectivity index (χ1v) is 8.19. The molecule has 0 spiro atoms. The molecule has 0 aliphatic carbocycles. The van der Waals surface area contributed by atoms with Crippen molar-refractivity contribution in [2.45, 2.75) is 0 Å². The number of nitrogens with zero attached hydrogens (tertiary/aromatic N) is 2. The first-order valence-electron chi connectivity index (χ1n) is 8.19. The molecule has 0 amide bonds. The van der Waals surface area contributed by atoms with Crippen LogP contribution in [0.15, 0.2) is 72.8 Å². The molecule has 11 heteroatoms. The van der Waals surface area contributed by atoms with Gasteiger partial charge in [-0.2, -0.15) is 10.2 Å². The number of carbonyl (C=O) groups excluding carboxylic acids is 2. The van der Waals surface area contributed by atoms with Crippen LogP contribution in [0.4, 0.5) is 0 Å². The number of rotatable bonds is 4. The van der Waals surface area contributed by atoms with Crippen LogP contribution in [0.5, 0.6) is 0 Å². The van der Waals surface area contributed by atoms with Gasteiger partial charge in [-0.1, -0.05) is 60.7 Å². The molecule has 164 valence electrons. The van der Waals surface area contributed by atoms with Crippen LogP contribution in [0.1, 0.15) is 21.0 Å². The Hall–Kier alpha value is -3.79. The number of carboxylic acid groups (broad SMARTS) is 2. The predicted molar refractivity (Wildman–Crippen MR) is 106 cm³/mol. The van der Waals surface area contributed by atoms with E-state index in [2.05, 4.69) is 20.4 Å². The zero-order valence-corrected chi connectivity index (χ0v) is 16.9. The first kappa shape index (κ1) is 27.2. The molecule has 0 atom stereocenters. The van der Waals surface area contributed by atoms with E-state index >= 15 is 0 Å². The van der Waals surface area contributed by atoms with Gasteiger partial charge >= 0.3 is 16.5 Å². The first-order chi connectivity index (χ1) is 13.5. The number of aromatic carboxylic acids is 2. The van der Waals surface area contributed by atoms with Gasteiger partial charge in [-0.15, -0.1) is 0 Å². The molecule has 0 aliphatic heterocycles. The maximum atomic E-state index is 10.5. The van der Waals surface area contributed by atoms with Gasteiger partial charge in [0.05, 0.1) is 23.3 Å². The summed E-state index contributed by atoms with van der Waals surface area (Å²) < 4.78 is 0. The number of carbonyl (C=O) groups is 2. The third kappa shape index (κ3) is 7.20. The molecular weight excluding hydrogens is 451 g/mol. The minimum absolute atomic E-state index is 0. The van der Waals surface area contributed by atoms with Crippen LogP contribution in [0.2, 0.25) is 0 Å². The molecule has 0 aliphatic rings. The molecule has 0 bridgehead atoms. The van der Waals surface area contributed by atoms with Crippen molar-refractivity contribution in [1.29, 1.82) is 0 Å². The average molecular weight is 471 g/mol. The quantitative estimate of drug-likeness (QED) is 0.283. The van der Waals surface area contributed by atoms with Gasteiger partial charge in [-0.25, -0.2) is 0 Å². The molecule has 2 aromatic carbocycles. The van der Waals surface area contributed by atoms with Crippen LogP contribution in [0.3, 0.4) is 0 Å². The van der Waals surface area contributed by atoms with Gasteiger partial charge in [-0.3, -0.25) is 10.2 Å². The molecule has 0 saturated heterocycles. The van der Waals surface area contributed by atoms with E-state index in [1.807, 2.05) is 60.7 Å². The molecule has 0 saturated carbocycles. The molecule has 4 aromatic rings. The van der Waals surface area contributed by atoms with Crippen LogP contribution >= 0.6 is 0 Å². The topological polar surface area (TPSA) is 204 Å². The van der Waals surface area contributed by atoms with Crippen molar-refractivity contribution in [3.63, 3.8) is 0 Å². The van der Waals surface area contributed by atoms with E-state index in [0.29, 0.717) is 11.4 Å². The fourth-order valence-corrected chi connectivity index (χ4v) is 2.38. The molecule has 0 fully saturated rings. The van der Waals surface area contributed by atoms with Crippen molar-refractivity contribution in [2.24, 2.45) is 0 Å².